The molecule has 5 heteroatoms. The fourth-order valence-electron chi connectivity index (χ4n) is 2.06. The highest BCUT2D eigenvalue weighted by atomic mass is 16.6. The zero-order valence-corrected chi connectivity index (χ0v) is 10.9. The molecule has 0 aliphatic heterocycles. The van der Waals surface area contributed by atoms with Gasteiger partial charge in [-0.25, -0.2) is 0 Å². The second-order valence-electron chi connectivity index (χ2n) is 4.37. The van der Waals surface area contributed by atoms with Crippen LogP contribution in [-0.2, 0) is 0 Å². The molecule has 2 aromatic carbocycles. The first-order valence-electron chi connectivity index (χ1n) is 6.11. The molecule has 0 saturated heterocycles. The molecular weight excluding hydrogens is 244 g/mol. The van der Waals surface area contributed by atoms with Crippen LogP contribution in [-0.4, -0.2) is 24.6 Å². The van der Waals surface area contributed by atoms with Crippen LogP contribution < -0.4 is 10.1 Å². The summed E-state index contributed by atoms with van der Waals surface area (Å²) in [6.45, 7) is 2.66. The Hall–Kier alpha value is -2.14. The van der Waals surface area contributed by atoms with Gasteiger partial charge in [0, 0.05) is 18.0 Å². The minimum Gasteiger partial charge on any atom is -0.489 e. The topological polar surface area (TPSA) is 64.4 Å². The highest BCUT2D eigenvalue weighted by molar-refractivity contribution is 5.95. The SMILES string of the molecule is CNCC(C)Oc1ccc([N+](=O)[O-])c2ccccc12. The van der Waals surface area contributed by atoms with Crippen LogP contribution in [0.5, 0.6) is 5.75 Å². The smallest absolute Gasteiger partial charge is 0.277 e. The van der Waals surface area contributed by atoms with Crippen LogP contribution in [0.2, 0.25) is 0 Å². The standard InChI is InChI=1S/C14H16N2O3/c1-10(9-15-2)19-14-8-7-13(16(17)18)11-5-3-4-6-12(11)14/h3-8,10,15H,9H2,1-2H3. The van der Waals surface area contributed by atoms with Crippen LogP contribution in [0.15, 0.2) is 36.4 Å². The molecule has 1 atom stereocenters. The first-order valence-corrected chi connectivity index (χ1v) is 6.11. The molecule has 5 nitrogen and oxygen atoms in total. The van der Waals surface area contributed by atoms with E-state index in [9.17, 15) is 10.1 Å². The molecule has 0 aliphatic rings. The lowest BCUT2D eigenvalue weighted by molar-refractivity contribution is -0.383. The van der Waals surface area contributed by atoms with Gasteiger partial charge in [-0.05, 0) is 26.1 Å². The van der Waals surface area contributed by atoms with Gasteiger partial charge in [0.25, 0.3) is 5.69 Å². The van der Waals surface area contributed by atoms with Crippen molar-refractivity contribution in [2.75, 3.05) is 13.6 Å². The van der Waals surface area contributed by atoms with Crippen LogP contribution in [0.3, 0.4) is 0 Å². The summed E-state index contributed by atoms with van der Waals surface area (Å²) in [5, 5.41) is 15.4. The van der Waals surface area contributed by atoms with Crippen molar-refractivity contribution < 1.29 is 9.66 Å². The van der Waals surface area contributed by atoms with E-state index in [1.165, 1.54) is 6.07 Å². The normalized spacial score (nSPS) is 12.3. The van der Waals surface area contributed by atoms with E-state index in [0.717, 1.165) is 5.39 Å². The molecule has 19 heavy (non-hydrogen) atoms. The summed E-state index contributed by atoms with van der Waals surface area (Å²) < 4.78 is 5.82. The van der Waals surface area contributed by atoms with Gasteiger partial charge >= 0.3 is 0 Å². The van der Waals surface area contributed by atoms with E-state index < -0.39 is 0 Å². The highest BCUT2D eigenvalue weighted by Gasteiger charge is 2.15. The predicted octanol–water partition coefficient (Wildman–Crippen LogP) is 2.73. The lowest BCUT2D eigenvalue weighted by Crippen LogP contribution is -2.26. The van der Waals surface area contributed by atoms with Crippen molar-refractivity contribution in [1.82, 2.24) is 5.32 Å². The fraction of sp³-hybridized carbons (Fsp3) is 0.286. The molecule has 0 bridgehead atoms. The van der Waals surface area contributed by atoms with E-state index in [2.05, 4.69) is 5.32 Å². The van der Waals surface area contributed by atoms with E-state index in [4.69, 9.17) is 4.74 Å². The number of non-ortho nitro benzene ring substituents is 1. The zero-order valence-electron chi connectivity index (χ0n) is 10.9. The average Bonchev–Trinajstić information content (AvgIpc) is 2.39. The average molecular weight is 260 g/mol. The summed E-state index contributed by atoms with van der Waals surface area (Å²) in [6.07, 6.45) is -0.00476. The molecule has 0 fully saturated rings. The molecule has 2 rings (SSSR count). The molecule has 2 aromatic rings. The molecule has 100 valence electrons. The number of rotatable bonds is 5. The number of hydrogen-bond donors (Lipinski definition) is 1. The van der Waals surface area contributed by atoms with Gasteiger partial charge in [0.1, 0.15) is 11.9 Å². The monoisotopic (exact) mass is 260 g/mol. The van der Waals surface area contributed by atoms with Crippen molar-refractivity contribution >= 4 is 16.5 Å². The van der Waals surface area contributed by atoms with Crippen molar-refractivity contribution in [3.8, 4) is 5.75 Å². The number of benzene rings is 2. The van der Waals surface area contributed by atoms with E-state index in [1.807, 2.05) is 26.1 Å². The quantitative estimate of drug-likeness (QED) is 0.663. The summed E-state index contributed by atoms with van der Waals surface area (Å²) in [7, 11) is 1.85. The maximum Gasteiger partial charge on any atom is 0.277 e. The van der Waals surface area contributed by atoms with Crippen LogP contribution in [0.4, 0.5) is 5.69 Å². The molecule has 0 spiro atoms. The van der Waals surface area contributed by atoms with Crippen LogP contribution in [0, 0.1) is 10.1 Å². The Labute approximate surface area is 111 Å². The number of fused-ring (bicyclic) bond motifs is 1. The van der Waals surface area contributed by atoms with Crippen LogP contribution in [0.1, 0.15) is 6.92 Å². The van der Waals surface area contributed by atoms with Crippen molar-refractivity contribution in [2.45, 2.75) is 13.0 Å². The molecule has 1 N–H and O–H groups in total. The Bertz CT molecular complexity index is 598. The van der Waals surface area contributed by atoms with E-state index in [-0.39, 0.29) is 16.7 Å². The Morgan fingerprint density at radius 2 is 1.95 bits per heavy atom. The largest absolute Gasteiger partial charge is 0.489 e. The summed E-state index contributed by atoms with van der Waals surface area (Å²) in [5.41, 5.74) is 0.101. The number of ether oxygens (including phenoxy) is 1. The van der Waals surface area contributed by atoms with Gasteiger partial charge in [0.15, 0.2) is 0 Å². The minimum atomic E-state index is -0.372. The summed E-state index contributed by atoms with van der Waals surface area (Å²) in [4.78, 5) is 10.6. The van der Waals surface area contributed by atoms with Crippen molar-refractivity contribution in [3.63, 3.8) is 0 Å². The third kappa shape index (κ3) is 2.82. The van der Waals surface area contributed by atoms with Gasteiger partial charge in [0.2, 0.25) is 0 Å². The third-order valence-corrected chi connectivity index (χ3v) is 2.88. The summed E-state index contributed by atoms with van der Waals surface area (Å²) >= 11 is 0. The van der Waals surface area contributed by atoms with Gasteiger partial charge in [-0.1, -0.05) is 18.2 Å². The number of likely N-dealkylation sites (N-methyl/N-ethyl adjacent to an activating group) is 1. The van der Waals surface area contributed by atoms with Gasteiger partial charge in [-0.2, -0.15) is 0 Å². The molecule has 0 radical (unpaired) electrons. The van der Waals surface area contributed by atoms with Crippen LogP contribution in [0.25, 0.3) is 10.8 Å². The predicted molar refractivity (Wildman–Crippen MR) is 74.6 cm³/mol. The lowest BCUT2D eigenvalue weighted by atomic mass is 10.1. The lowest BCUT2D eigenvalue weighted by Gasteiger charge is -2.15. The first-order chi connectivity index (χ1) is 9.13. The molecule has 0 heterocycles. The van der Waals surface area contributed by atoms with Crippen LogP contribution >= 0.6 is 0 Å². The molecule has 1 unspecified atom stereocenters. The van der Waals surface area contributed by atoms with E-state index in [0.29, 0.717) is 17.7 Å². The number of hydrogen-bond acceptors (Lipinski definition) is 4. The molecule has 0 amide bonds. The molecular formula is C14H16N2O3. The second kappa shape index (κ2) is 5.67. The molecule has 0 aliphatic carbocycles. The Morgan fingerprint density at radius 3 is 2.58 bits per heavy atom. The highest BCUT2D eigenvalue weighted by Crippen LogP contribution is 2.33. The van der Waals surface area contributed by atoms with Gasteiger partial charge in [-0.15, -0.1) is 0 Å². The number of nitrogens with one attached hydrogen (secondary N) is 1. The summed E-state index contributed by atoms with van der Waals surface area (Å²) in [6, 6.07) is 10.4. The van der Waals surface area contributed by atoms with Gasteiger partial charge in [0.05, 0.1) is 10.3 Å². The van der Waals surface area contributed by atoms with E-state index >= 15 is 0 Å². The Morgan fingerprint density at radius 1 is 1.26 bits per heavy atom. The van der Waals surface area contributed by atoms with E-state index in [1.54, 1.807) is 18.2 Å². The van der Waals surface area contributed by atoms with Crippen molar-refractivity contribution in [1.29, 1.82) is 0 Å². The summed E-state index contributed by atoms with van der Waals surface area (Å²) in [5.74, 6) is 0.670. The zero-order chi connectivity index (χ0) is 13.8. The first kappa shape index (κ1) is 13.3. The maximum absolute atomic E-state index is 11.0. The molecule has 0 aromatic heterocycles. The fourth-order valence-corrected chi connectivity index (χ4v) is 2.06. The molecule has 0 saturated carbocycles. The number of nitro benzene ring substituents is 1. The second-order valence-corrected chi connectivity index (χ2v) is 4.37. The number of nitro groups is 1. The van der Waals surface area contributed by atoms with Gasteiger partial charge in [-0.3, -0.25) is 10.1 Å². The Balaban J connectivity index is 2.46. The Kier molecular flexibility index (Phi) is 3.97. The minimum absolute atomic E-state index is 0.00476. The third-order valence-electron chi connectivity index (χ3n) is 2.88. The maximum atomic E-state index is 11.0. The van der Waals surface area contributed by atoms with Crippen molar-refractivity contribution in [2.24, 2.45) is 0 Å². The van der Waals surface area contributed by atoms with Crippen molar-refractivity contribution in [3.05, 3.63) is 46.5 Å². The number of nitrogens with zero attached hydrogens (tertiary/aromatic N) is 1. The van der Waals surface area contributed by atoms with Gasteiger partial charge < -0.3 is 10.1 Å².